The lowest BCUT2D eigenvalue weighted by Crippen LogP contribution is -2.44. The van der Waals surface area contributed by atoms with Crippen molar-refractivity contribution >= 4 is 6.09 Å². The van der Waals surface area contributed by atoms with Gasteiger partial charge in [0.2, 0.25) is 0 Å². The van der Waals surface area contributed by atoms with Gasteiger partial charge in [-0.2, -0.15) is 0 Å². The highest BCUT2D eigenvalue weighted by atomic mass is 16.5. The van der Waals surface area contributed by atoms with E-state index in [1.165, 1.54) is 27.2 Å². The van der Waals surface area contributed by atoms with Crippen LogP contribution in [0.3, 0.4) is 0 Å². The molecule has 150 valence electrons. The lowest BCUT2D eigenvalue weighted by molar-refractivity contribution is 0.0690. The zero-order valence-electron chi connectivity index (χ0n) is 16.2. The van der Waals surface area contributed by atoms with E-state index in [0.29, 0.717) is 6.54 Å². The van der Waals surface area contributed by atoms with E-state index in [2.05, 4.69) is 53.8 Å². The van der Waals surface area contributed by atoms with Gasteiger partial charge in [0.05, 0.1) is 19.8 Å². The largest absolute Gasteiger partial charge is 0.465 e. The summed E-state index contributed by atoms with van der Waals surface area (Å²) in [6.45, 7) is 1.10. The zero-order chi connectivity index (χ0) is 19.9. The van der Waals surface area contributed by atoms with Crippen LogP contribution in [0.5, 0.6) is 0 Å². The van der Waals surface area contributed by atoms with Crippen LogP contribution in [0.1, 0.15) is 23.5 Å². The SMILES string of the molecule is CNC(CC1c2ccccc2-c2ccccc21)CN(CCOCCO)C(=O)O. The molecule has 0 fully saturated rings. The molecule has 1 unspecified atom stereocenters. The van der Waals surface area contributed by atoms with E-state index in [4.69, 9.17) is 9.84 Å². The second-order valence-electron chi connectivity index (χ2n) is 7.01. The van der Waals surface area contributed by atoms with Crippen molar-refractivity contribution in [3.05, 3.63) is 59.7 Å². The Morgan fingerprint density at radius 2 is 1.71 bits per heavy atom. The number of fused-ring (bicyclic) bond motifs is 3. The van der Waals surface area contributed by atoms with E-state index in [1.54, 1.807) is 0 Å². The second kappa shape index (κ2) is 9.68. The predicted octanol–water partition coefficient (Wildman–Crippen LogP) is 2.77. The molecule has 1 aliphatic carbocycles. The molecule has 3 N–H and O–H groups in total. The Balaban J connectivity index is 1.72. The Morgan fingerprint density at radius 1 is 1.11 bits per heavy atom. The maximum atomic E-state index is 11.6. The summed E-state index contributed by atoms with van der Waals surface area (Å²) in [5.41, 5.74) is 5.14. The molecule has 0 saturated heterocycles. The Kier molecular flexibility index (Phi) is 7.03. The number of carbonyl (C=O) groups is 1. The van der Waals surface area contributed by atoms with Gasteiger partial charge >= 0.3 is 6.09 Å². The number of nitrogens with one attached hydrogen (secondary N) is 1. The maximum Gasteiger partial charge on any atom is 0.407 e. The predicted molar refractivity (Wildman–Crippen MR) is 109 cm³/mol. The first-order valence-corrected chi connectivity index (χ1v) is 9.67. The van der Waals surface area contributed by atoms with Gasteiger partial charge in [0.1, 0.15) is 0 Å². The molecular formula is C22H28N2O4. The summed E-state index contributed by atoms with van der Waals surface area (Å²) in [5, 5.41) is 21.6. The van der Waals surface area contributed by atoms with Crippen LogP contribution < -0.4 is 5.32 Å². The summed E-state index contributed by atoms with van der Waals surface area (Å²) in [6.07, 6.45) is -0.147. The number of hydrogen-bond acceptors (Lipinski definition) is 4. The fraction of sp³-hybridized carbons (Fsp3) is 0.409. The molecule has 0 bridgehead atoms. The Bertz CT molecular complexity index is 750. The number of carboxylic acid groups (broad SMARTS) is 1. The minimum Gasteiger partial charge on any atom is -0.465 e. The van der Waals surface area contributed by atoms with Crippen LogP contribution >= 0.6 is 0 Å². The van der Waals surface area contributed by atoms with Crippen molar-refractivity contribution in [3.63, 3.8) is 0 Å². The normalized spacial score (nSPS) is 13.8. The molecule has 0 heterocycles. The highest BCUT2D eigenvalue weighted by Gasteiger charge is 2.30. The van der Waals surface area contributed by atoms with Crippen molar-refractivity contribution in [2.45, 2.75) is 18.4 Å². The molecule has 2 aromatic carbocycles. The zero-order valence-corrected chi connectivity index (χ0v) is 16.2. The second-order valence-corrected chi connectivity index (χ2v) is 7.01. The van der Waals surface area contributed by atoms with Gasteiger partial charge in [0, 0.05) is 25.0 Å². The number of nitrogens with zero attached hydrogens (tertiary/aromatic N) is 1. The molecule has 3 rings (SSSR count). The Labute approximate surface area is 165 Å². The molecule has 1 amide bonds. The van der Waals surface area contributed by atoms with Crippen LogP contribution in [0, 0.1) is 0 Å². The highest BCUT2D eigenvalue weighted by Crippen LogP contribution is 2.46. The van der Waals surface area contributed by atoms with Gasteiger partial charge in [0.25, 0.3) is 0 Å². The molecule has 28 heavy (non-hydrogen) atoms. The average Bonchev–Trinajstić information content (AvgIpc) is 3.03. The van der Waals surface area contributed by atoms with Crippen LogP contribution in [0.25, 0.3) is 11.1 Å². The summed E-state index contributed by atoms with van der Waals surface area (Å²) >= 11 is 0. The number of benzene rings is 2. The van der Waals surface area contributed by atoms with Crippen molar-refractivity contribution in [2.24, 2.45) is 0 Å². The quantitative estimate of drug-likeness (QED) is 0.549. The standard InChI is InChI=1S/C22H28N2O4/c1-23-16(15-24(22(26)27)10-12-28-13-11-25)14-21-19-8-4-2-6-17(19)18-7-3-5-9-20(18)21/h2-9,16,21,23,25H,10-15H2,1H3,(H,26,27). The smallest absolute Gasteiger partial charge is 0.407 e. The molecule has 6 nitrogen and oxygen atoms in total. The van der Waals surface area contributed by atoms with E-state index < -0.39 is 6.09 Å². The molecule has 0 spiro atoms. The van der Waals surface area contributed by atoms with E-state index in [-0.39, 0.29) is 38.3 Å². The fourth-order valence-corrected chi connectivity index (χ4v) is 3.95. The van der Waals surface area contributed by atoms with Crippen molar-refractivity contribution in [2.75, 3.05) is 40.0 Å². The molecule has 6 heteroatoms. The van der Waals surface area contributed by atoms with Gasteiger partial charge in [-0.25, -0.2) is 4.79 Å². The van der Waals surface area contributed by atoms with Crippen molar-refractivity contribution in [1.29, 1.82) is 0 Å². The van der Waals surface area contributed by atoms with Crippen LogP contribution in [-0.2, 0) is 4.74 Å². The molecule has 2 aromatic rings. The molecule has 0 aromatic heterocycles. The molecule has 1 aliphatic rings. The first-order valence-electron chi connectivity index (χ1n) is 9.67. The number of hydrogen-bond donors (Lipinski definition) is 3. The third kappa shape index (κ3) is 4.52. The topological polar surface area (TPSA) is 82.0 Å². The first kappa shape index (κ1) is 20.3. The number of rotatable bonds is 10. The lowest BCUT2D eigenvalue weighted by Gasteiger charge is -2.27. The van der Waals surface area contributed by atoms with Crippen LogP contribution in [0.15, 0.2) is 48.5 Å². The van der Waals surface area contributed by atoms with Gasteiger partial charge in [0.15, 0.2) is 0 Å². The monoisotopic (exact) mass is 384 g/mol. The Morgan fingerprint density at radius 3 is 2.25 bits per heavy atom. The van der Waals surface area contributed by atoms with Crippen LogP contribution in [-0.4, -0.2) is 67.2 Å². The summed E-state index contributed by atoms with van der Waals surface area (Å²) in [6, 6.07) is 16.9. The molecular weight excluding hydrogens is 356 g/mol. The first-order chi connectivity index (χ1) is 13.7. The molecule has 0 saturated carbocycles. The summed E-state index contributed by atoms with van der Waals surface area (Å²) < 4.78 is 5.23. The Hall–Kier alpha value is -2.41. The van der Waals surface area contributed by atoms with Crippen molar-refractivity contribution in [1.82, 2.24) is 10.2 Å². The van der Waals surface area contributed by atoms with Gasteiger partial charge in [-0.15, -0.1) is 0 Å². The van der Waals surface area contributed by atoms with Crippen molar-refractivity contribution in [3.8, 4) is 11.1 Å². The number of aliphatic hydroxyl groups excluding tert-OH is 1. The molecule has 0 radical (unpaired) electrons. The number of amides is 1. The average molecular weight is 384 g/mol. The summed E-state index contributed by atoms with van der Waals surface area (Å²) in [4.78, 5) is 13.0. The summed E-state index contributed by atoms with van der Waals surface area (Å²) in [5.74, 6) is 0.242. The van der Waals surface area contributed by atoms with Gasteiger partial charge in [-0.1, -0.05) is 48.5 Å². The van der Waals surface area contributed by atoms with Crippen molar-refractivity contribution < 1.29 is 19.7 Å². The summed E-state index contributed by atoms with van der Waals surface area (Å²) in [7, 11) is 1.87. The van der Waals surface area contributed by atoms with Gasteiger partial charge in [-0.05, 0) is 35.7 Å². The fourth-order valence-electron chi connectivity index (χ4n) is 3.95. The van der Waals surface area contributed by atoms with Gasteiger partial charge in [-0.3, -0.25) is 0 Å². The maximum absolute atomic E-state index is 11.6. The number of ether oxygens (including phenoxy) is 1. The minimum absolute atomic E-state index is 0.0122. The minimum atomic E-state index is -0.958. The third-order valence-corrected chi connectivity index (χ3v) is 5.34. The molecule has 1 atom stereocenters. The number of aliphatic hydroxyl groups is 1. The number of likely N-dealkylation sites (N-methyl/N-ethyl adjacent to an activating group) is 1. The van der Waals surface area contributed by atoms with Crippen LogP contribution in [0.2, 0.25) is 0 Å². The van der Waals surface area contributed by atoms with Gasteiger partial charge < -0.3 is 25.2 Å². The highest BCUT2D eigenvalue weighted by molar-refractivity contribution is 5.78. The van der Waals surface area contributed by atoms with E-state index in [0.717, 1.165) is 6.42 Å². The van der Waals surface area contributed by atoms with E-state index in [9.17, 15) is 9.90 Å². The van der Waals surface area contributed by atoms with E-state index in [1.807, 2.05) is 7.05 Å². The molecule has 0 aliphatic heterocycles. The third-order valence-electron chi connectivity index (χ3n) is 5.34. The lowest BCUT2D eigenvalue weighted by atomic mass is 9.90. The van der Waals surface area contributed by atoms with Crippen LogP contribution in [0.4, 0.5) is 4.79 Å². The van der Waals surface area contributed by atoms with E-state index >= 15 is 0 Å².